The number of carboxylic acid groups (broad SMARTS) is 1. The Morgan fingerprint density at radius 1 is 1.06 bits per heavy atom. The van der Waals surface area contributed by atoms with E-state index in [1.165, 1.54) is 0 Å². The number of hydrogen-bond acceptors (Lipinski definition) is 5. The van der Waals surface area contributed by atoms with Crippen LogP contribution < -0.4 is 14.2 Å². The van der Waals surface area contributed by atoms with Gasteiger partial charge in [0.15, 0.2) is 11.5 Å². The van der Waals surface area contributed by atoms with E-state index in [1.807, 2.05) is 66.7 Å². The summed E-state index contributed by atoms with van der Waals surface area (Å²) in [6, 6.07) is 21.8. The Bertz CT molecular complexity index is 1320. The Labute approximate surface area is 197 Å². The van der Waals surface area contributed by atoms with Gasteiger partial charge in [-0.15, -0.1) is 0 Å². The number of carbonyl (C=O) groups is 1. The molecule has 3 aromatic carbocycles. The molecule has 1 aliphatic heterocycles. The highest BCUT2D eigenvalue weighted by molar-refractivity contribution is 5.84. The van der Waals surface area contributed by atoms with Crippen molar-refractivity contribution >= 4 is 17.0 Å². The summed E-state index contributed by atoms with van der Waals surface area (Å²) in [5, 5.41) is 9.02. The van der Waals surface area contributed by atoms with Crippen LogP contribution in [0.4, 0.5) is 0 Å². The van der Waals surface area contributed by atoms with Gasteiger partial charge in [-0.1, -0.05) is 37.3 Å². The number of aromatic nitrogens is 2. The molecule has 0 saturated heterocycles. The summed E-state index contributed by atoms with van der Waals surface area (Å²) in [5.74, 6) is 1.94. The summed E-state index contributed by atoms with van der Waals surface area (Å²) >= 11 is 0. The van der Waals surface area contributed by atoms with Crippen molar-refractivity contribution in [2.75, 3.05) is 13.4 Å². The molecule has 1 aromatic heterocycles. The third kappa shape index (κ3) is 4.41. The lowest BCUT2D eigenvalue weighted by Gasteiger charge is -2.12. The van der Waals surface area contributed by atoms with Gasteiger partial charge >= 0.3 is 5.97 Å². The van der Waals surface area contributed by atoms with E-state index in [0.717, 1.165) is 52.4 Å². The summed E-state index contributed by atoms with van der Waals surface area (Å²) in [7, 11) is 0. The Hall–Kier alpha value is -4.00. The summed E-state index contributed by atoms with van der Waals surface area (Å²) in [5.41, 5.74) is 3.71. The standard InChI is InChI=1S/C27H26N2O5/c1-18(27(30)31)7-5-6-14-32-21-11-12-22-23(16-21)29(26(28-22)19-8-3-2-4-9-19)20-10-13-24-25(15-20)34-17-33-24/h2-4,8-13,15-16,18H,5-7,14,17H2,1H3,(H,30,31). The number of imidazole rings is 1. The molecule has 1 unspecified atom stereocenters. The van der Waals surface area contributed by atoms with Crippen LogP contribution in [0.3, 0.4) is 0 Å². The number of carboxylic acids is 1. The van der Waals surface area contributed by atoms with E-state index in [-0.39, 0.29) is 12.7 Å². The largest absolute Gasteiger partial charge is 0.494 e. The minimum Gasteiger partial charge on any atom is -0.494 e. The topological polar surface area (TPSA) is 82.8 Å². The van der Waals surface area contributed by atoms with E-state index in [9.17, 15) is 4.79 Å². The fraction of sp³-hybridized carbons (Fsp3) is 0.259. The monoisotopic (exact) mass is 458 g/mol. The molecular formula is C27H26N2O5. The molecule has 7 nitrogen and oxygen atoms in total. The van der Waals surface area contributed by atoms with Crippen molar-refractivity contribution in [3.8, 4) is 34.3 Å². The van der Waals surface area contributed by atoms with E-state index in [1.54, 1.807) is 6.92 Å². The Morgan fingerprint density at radius 3 is 2.71 bits per heavy atom. The first-order valence-electron chi connectivity index (χ1n) is 11.4. The van der Waals surface area contributed by atoms with Gasteiger partial charge in [-0.3, -0.25) is 9.36 Å². The molecule has 0 spiro atoms. The molecule has 1 aliphatic rings. The predicted octanol–water partition coefficient (Wildman–Crippen LogP) is 5.69. The van der Waals surface area contributed by atoms with Crippen LogP contribution in [0.25, 0.3) is 28.1 Å². The van der Waals surface area contributed by atoms with E-state index < -0.39 is 5.97 Å². The average molecular weight is 459 g/mol. The molecule has 1 atom stereocenters. The molecule has 4 aromatic rings. The van der Waals surface area contributed by atoms with Crippen LogP contribution in [0.5, 0.6) is 17.2 Å². The van der Waals surface area contributed by atoms with Gasteiger partial charge in [0.25, 0.3) is 0 Å². The SMILES string of the molecule is CC(CCCCOc1ccc2nc(-c3ccccc3)n(-c3ccc4c(c3)OCO4)c2c1)C(=O)O. The van der Waals surface area contributed by atoms with Crippen molar-refractivity contribution < 1.29 is 24.1 Å². The number of benzene rings is 3. The molecule has 5 rings (SSSR count). The normalized spacial score (nSPS) is 13.2. The Balaban J connectivity index is 1.45. The highest BCUT2D eigenvalue weighted by atomic mass is 16.7. The quantitative estimate of drug-likeness (QED) is 0.325. The van der Waals surface area contributed by atoms with Crippen molar-refractivity contribution in [1.29, 1.82) is 0 Å². The maximum Gasteiger partial charge on any atom is 0.306 e. The van der Waals surface area contributed by atoms with Crippen LogP contribution >= 0.6 is 0 Å². The number of nitrogens with zero attached hydrogens (tertiary/aromatic N) is 2. The maximum atomic E-state index is 11.0. The first-order chi connectivity index (χ1) is 16.6. The minimum absolute atomic E-state index is 0.220. The first kappa shape index (κ1) is 21.8. The molecule has 0 aliphatic carbocycles. The fourth-order valence-corrected chi connectivity index (χ4v) is 4.08. The van der Waals surface area contributed by atoms with E-state index in [2.05, 4.69) is 4.57 Å². The zero-order valence-corrected chi connectivity index (χ0v) is 18.9. The number of hydrogen-bond donors (Lipinski definition) is 1. The number of ether oxygens (including phenoxy) is 3. The van der Waals surface area contributed by atoms with Crippen LogP contribution in [0.2, 0.25) is 0 Å². The maximum absolute atomic E-state index is 11.0. The lowest BCUT2D eigenvalue weighted by molar-refractivity contribution is -0.141. The molecular weight excluding hydrogens is 432 g/mol. The van der Waals surface area contributed by atoms with Gasteiger partial charge in [-0.25, -0.2) is 4.98 Å². The Kier molecular flexibility index (Phi) is 6.08. The van der Waals surface area contributed by atoms with E-state index in [4.69, 9.17) is 24.3 Å². The summed E-state index contributed by atoms with van der Waals surface area (Å²) in [4.78, 5) is 15.9. The zero-order valence-electron chi connectivity index (χ0n) is 18.9. The third-order valence-electron chi connectivity index (χ3n) is 5.99. The third-order valence-corrected chi connectivity index (χ3v) is 5.99. The molecule has 0 saturated carbocycles. The van der Waals surface area contributed by atoms with Crippen molar-refractivity contribution in [2.45, 2.75) is 26.2 Å². The highest BCUT2D eigenvalue weighted by Gasteiger charge is 2.19. The summed E-state index contributed by atoms with van der Waals surface area (Å²) in [6.45, 7) is 2.48. The van der Waals surface area contributed by atoms with Gasteiger partial charge < -0.3 is 19.3 Å². The summed E-state index contributed by atoms with van der Waals surface area (Å²) in [6.07, 6.45) is 2.25. The van der Waals surface area contributed by atoms with Gasteiger partial charge in [-0.05, 0) is 43.5 Å². The molecule has 0 fully saturated rings. The fourth-order valence-electron chi connectivity index (χ4n) is 4.08. The molecule has 2 heterocycles. The summed E-state index contributed by atoms with van der Waals surface area (Å²) < 4.78 is 19.2. The first-order valence-corrected chi connectivity index (χ1v) is 11.4. The molecule has 1 N–H and O–H groups in total. The molecule has 174 valence electrons. The van der Waals surface area contributed by atoms with Crippen LogP contribution in [0, 0.1) is 5.92 Å². The second kappa shape index (κ2) is 9.47. The number of fused-ring (bicyclic) bond motifs is 2. The van der Waals surface area contributed by atoms with Gasteiger partial charge in [0, 0.05) is 17.7 Å². The second-order valence-corrected chi connectivity index (χ2v) is 8.41. The smallest absolute Gasteiger partial charge is 0.306 e. The van der Waals surface area contributed by atoms with Crippen molar-refractivity contribution in [3.63, 3.8) is 0 Å². The van der Waals surface area contributed by atoms with E-state index in [0.29, 0.717) is 18.8 Å². The van der Waals surface area contributed by atoms with E-state index >= 15 is 0 Å². The van der Waals surface area contributed by atoms with Gasteiger partial charge in [0.2, 0.25) is 6.79 Å². The van der Waals surface area contributed by atoms with Gasteiger partial charge in [-0.2, -0.15) is 0 Å². The zero-order chi connectivity index (χ0) is 23.5. The number of unbranched alkanes of at least 4 members (excludes halogenated alkanes) is 1. The number of aliphatic carboxylic acids is 1. The van der Waals surface area contributed by atoms with Crippen LogP contribution in [-0.4, -0.2) is 34.0 Å². The van der Waals surface area contributed by atoms with Gasteiger partial charge in [0.1, 0.15) is 11.6 Å². The highest BCUT2D eigenvalue weighted by Crippen LogP contribution is 2.37. The predicted molar refractivity (Wildman–Crippen MR) is 129 cm³/mol. The van der Waals surface area contributed by atoms with Crippen molar-refractivity contribution in [1.82, 2.24) is 9.55 Å². The van der Waals surface area contributed by atoms with Crippen LogP contribution in [0.15, 0.2) is 66.7 Å². The molecule has 0 radical (unpaired) electrons. The Morgan fingerprint density at radius 2 is 1.88 bits per heavy atom. The molecule has 7 heteroatoms. The van der Waals surface area contributed by atoms with Crippen LogP contribution in [-0.2, 0) is 4.79 Å². The van der Waals surface area contributed by atoms with Crippen molar-refractivity contribution in [3.05, 3.63) is 66.7 Å². The average Bonchev–Trinajstić information content (AvgIpc) is 3.48. The van der Waals surface area contributed by atoms with Gasteiger partial charge in [0.05, 0.1) is 29.2 Å². The number of rotatable bonds is 9. The second-order valence-electron chi connectivity index (χ2n) is 8.41. The molecule has 0 bridgehead atoms. The lowest BCUT2D eigenvalue weighted by Crippen LogP contribution is -2.09. The van der Waals surface area contributed by atoms with Crippen LogP contribution in [0.1, 0.15) is 26.2 Å². The van der Waals surface area contributed by atoms with Crippen molar-refractivity contribution in [2.24, 2.45) is 5.92 Å². The molecule has 34 heavy (non-hydrogen) atoms. The lowest BCUT2D eigenvalue weighted by atomic mass is 10.1. The minimum atomic E-state index is -0.752. The molecule has 0 amide bonds.